The lowest BCUT2D eigenvalue weighted by molar-refractivity contribution is 0.705. The van der Waals surface area contributed by atoms with Gasteiger partial charge in [-0.15, -0.1) is 0 Å². The lowest BCUT2D eigenvalue weighted by Crippen LogP contribution is -2.17. The molecule has 2 heteroatoms. The van der Waals surface area contributed by atoms with Crippen molar-refractivity contribution in [2.45, 2.75) is 52.9 Å². The maximum absolute atomic E-state index is 3.52. The fraction of sp³-hybridized carbons (Fsp3) is 0.471. The van der Waals surface area contributed by atoms with E-state index in [1.807, 2.05) is 11.8 Å². The van der Waals surface area contributed by atoms with Crippen molar-refractivity contribution in [2.75, 3.05) is 4.90 Å². The van der Waals surface area contributed by atoms with Crippen LogP contribution >= 0.6 is 11.8 Å². The van der Waals surface area contributed by atoms with Crippen LogP contribution in [0, 0.1) is 26.6 Å². The standard InChI is InChI=1S/C17H21NS/c1-12-9-13(2)17(14(3)10-12)18-11-19-16-8-6-4-5-7-15(16)18/h9-10H,4-8H2,1-3H3. The largest absolute Gasteiger partial charge is 0.322 e. The van der Waals surface area contributed by atoms with Crippen molar-refractivity contribution in [2.24, 2.45) is 0 Å². The van der Waals surface area contributed by atoms with Gasteiger partial charge in [0.2, 0.25) is 0 Å². The average molecular weight is 271 g/mol. The van der Waals surface area contributed by atoms with E-state index in [0.29, 0.717) is 0 Å². The predicted octanol–water partition coefficient (Wildman–Crippen LogP) is 5.34. The maximum atomic E-state index is 3.52. The number of rotatable bonds is 1. The van der Waals surface area contributed by atoms with Crippen LogP contribution < -0.4 is 4.90 Å². The first-order valence-corrected chi connectivity index (χ1v) is 8.01. The van der Waals surface area contributed by atoms with Gasteiger partial charge in [0.1, 0.15) is 0 Å². The van der Waals surface area contributed by atoms with Crippen molar-refractivity contribution in [1.29, 1.82) is 0 Å². The van der Waals surface area contributed by atoms with Gasteiger partial charge in [0.25, 0.3) is 0 Å². The second-order valence-corrected chi connectivity index (χ2v) is 6.59. The van der Waals surface area contributed by atoms with Crippen molar-refractivity contribution in [1.82, 2.24) is 0 Å². The third kappa shape index (κ3) is 2.43. The van der Waals surface area contributed by atoms with E-state index < -0.39 is 0 Å². The van der Waals surface area contributed by atoms with Crippen molar-refractivity contribution in [3.63, 3.8) is 0 Å². The molecule has 0 atom stereocenters. The van der Waals surface area contributed by atoms with E-state index in [1.165, 1.54) is 60.2 Å². The van der Waals surface area contributed by atoms with Crippen LogP contribution in [0.25, 0.3) is 0 Å². The summed E-state index contributed by atoms with van der Waals surface area (Å²) in [4.78, 5) is 3.90. The summed E-state index contributed by atoms with van der Waals surface area (Å²) in [6.45, 7) is 6.61. The maximum Gasteiger partial charge on any atom is 0.169 e. The molecule has 1 aliphatic carbocycles. The highest BCUT2D eigenvalue weighted by atomic mass is 32.2. The topological polar surface area (TPSA) is 3.24 Å². The molecule has 0 fully saturated rings. The zero-order valence-electron chi connectivity index (χ0n) is 12.0. The molecule has 0 aromatic heterocycles. The normalized spacial score (nSPS) is 19.6. The van der Waals surface area contributed by atoms with Crippen LogP contribution in [0.3, 0.4) is 0 Å². The highest BCUT2D eigenvalue weighted by Crippen LogP contribution is 2.46. The Labute approximate surface area is 121 Å². The minimum absolute atomic E-state index is 1.21. The molecular weight excluding hydrogens is 250 g/mol. The molecule has 0 unspecified atom stereocenters. The molecule has 19 heavy (non-hydrogen) atoms. The van der Waals surface area contributed by atoms with Gasteiger partial charge in [0.05, 0.1) is 0 Å². The molecule has 1 aliphatic heterocycles. The molecule has 1 aromatic carbocycles. The van der Waals surface area contributed by atoms with Crippen molar-refractivity contribution in [3.05, 3.63) is 45.3 Å². The number of benzene rings is 1. The first kappa shape index (κ1) is 13.1. The van der Waals surface area contributed by atoms with Crippen LogP contribution in [0.15, 0.2) is 22.7 Å². The van der Waals surface area contributed by atoms with Crippen molar-refractivity contribution < 1.29 is 0 Å². The summed E-state index contributed by atoms with van der Waals surface area (Å²) < 4.78 is 0. The summed E-state index contributed by atoms with van der Waals surface area (Å²) in [5.41, 5.74) is 6.94. The summed E-state index contributed by atoms with van der Waals surface area (Å²) in [5.74, 6) is 3.52. The zero-order chi connectivity index (χ0) is 13.4. The Bertz CT molecular complexity index is 507. The third-order valence-electron chi connectivity index (χ3n) is 4.03. The molecule has 0 spiro atoms. The smallest absolute Gasteiger partial charge is 0.169 e. The Morgan fingerprint density at radius 2 is 1.68 bits per heavy atom. The van der Waals surface area contributed by atoms with Crippen LogP contribution in [0.1, 0.15) is 48.8 Å². The van der Waals surface area contributed by atoms with Crippen molar-refractivity contribution >= 4 is 17.4 Å². The molecule has 2 radical (unpaired) electrons. The van der Waals surface area contributed by atoms with E-state index >= 15 is 0 Å². The fourth-order valence-corrected chi connectivity index (χ4v) is 4.21. The molecule has 0 amide bonds. The number of hydrogen-bond donors (Lipinski definition) is 0. The highest BCUT2D eigenvalue weighted by molar-refractivity contribution is 8.05. The fourth-order valence-electron chi connectivity index (χ4n) is 3.25. The van der Waals surface area contributed by atoms with Gasteiger partial charge in [-0.2, -0.15) is 0 Å². The molecule has 1 nitrogen and oxygen atoms in total. The first-order chi connectivity index (χ1) is 9.16. The van der Waals surface area contributed by atoms with E-state index in [2.05, 4.69) is 43.7 Å². The Hall–Kier alpha value is -0.890. The predicted molar refractivity (Wildman–Crippen MR) is 84.1 cm³/mol. The SMILES string of the molecule is Cc1cc(C)c(N2[C]SC3=C2CCCCC3)c(C)c1. The van der Waals surface area contributed by atoms with E-state index in [4.69, 9.17) is 0 Å². The Morgan fingerprint density at radius 1 is 1.00 bits per heavy atom. The second kappa shape index (κ2) is 5.24. The quantitative estimate of drug-likeness (QED) is 0.678. The number of aryl methyl sites for hydroxylation is 3. The Kier molecular flexibility index (Phi) is 3.62. The molecule has 0 bridgehead atoms. The molecule has 1 heterocycles. The van der Waals surface area contributed by atoms with Gasteiger partial charge in [-0.1, -0.05) is 35.9 Å². The Morgan fingerprint density at radius 3 is 2.42 bits per heavy atom. The number of nitrogens with zero attached hydrogens (tertiary/aromatic N) is 1. The monoisotopic (exact) mass is 271 g/mol. The van der Waals surface area contributed by atoms with Gasteiger partial charge >= 0.3 is 0 Å². The summed E-state index contributed by atoms with van der Waals surface area (Å²) in [6.07, 6.45) is 6.48. The van der Waals surface area contributed by atoms with Crippen LogP contribution in [-0.2, 0) is 0 Å². The lowest BCUT2D eigenvalue weighted by atomic mass is 10.0. The highest BCUT2D eigenvalue weighted by Gasteiger charge is 2.28. The minimum atomic E-state index is 1.21. The second-order valence-electron chi connectivity index (χ2n) is 5.71. The van der Waals surface area contributed by atoms with Gasteiger partial charge in [0, 0.05) is 16.3 Å². The lowest BCUT2D eigenvalue weighted by Gasteiger charge is -2.25. The van der Waals surface area contributed by atoms with Gasteiger partial charge in [0.15, 0.2) is 5.88 Å². The minimum Gasteiger partial charge on any atom is -0.322 e. The number of allylic oxidation sites excluding steroid dienone is 2. The number of anilines is 1. The average Bonchev–Trinajstić information content (AvgIpc) is 2.58. The molecule has 0 N–H and O–H groups in total. The summed E-state index contributed by atoms with van der Waals surface area (Å²) in [5, 5.41) is 0. The van der Waals surface area contributed by atoms with Gasteiger partial charge in [-0.3, -0.25) is 0 Å². The van der Waals surface area contributed by atoms with Gasteiger partial charge in [-0.05, 0) is 57.6 Å². The van der Waals surface area contributed by atoms with Crippen molar-refractivity contribution in [3.8, 4) is 0 Å². The Balaban J connectivity index is 2.01. The van der Waals surface area contributed by atoms with E-state index in [-0.39, 0.29) is 0 Å². The van der Waals surface area contributed by atoms with Crippen LogP contribution in [0.5, 0.6) is 0 Å². The molecule has 3 rings (SSSR count). The van der Waals surface area contributed by atoms with Crippen LogP contribution in [-0.4, -0.2) is 0 Å². The molecule has 0 saturated carbocycles. The van der Waals surface area contributed by atoms with Gasteiger partial charge in [-0.25, -0.2) is 0 Å². The summed E-state index contributed by atoms with van der Waals surface area (Å²) in [6, 6.07) is 4.56. The number of hydrogen-bond acceptors (Lipinski definition) is 2. The summed E-state index contributed by atoms with van der Waals surface area (Å²) >= 11 is 1.82. The molecule has 2 aliphatic rings. The molecular formula is C17H21NS. The summed E-state index contributed by atoms with van der Waals surface area (Å²) in [7, 11) is 0. The molecule has 1 aromatic rings. The van der Waals surface area contributed by atoms with E-state index in [9.17, 15) is 0 Å². The van der Waals surface area contributed by atoms with Crippen LogP contribution in [0.2, 0.25) is 0 Å². The van der Waals surface area contributed by atoms with E-state index in [1.54, 1.807) is 4.91 Å². The zero-order valence-corrected chi connectivity index (χ0v) is 12.9. The van der Waals surface area contributed by atoms with Crippen LogP contribution in [0.4, 0.5) is 5.69 Å². The van der Waals surface area contributed by atoms with E-state index in [0.717, 1.165) is 0 Å². The molecule has 100 valence electrons. The molecule has 0 saturated heterocycles. The van der Waals surface area contributed by atoms with Gasteiger partial charge < -0.3 is 4.90 Å². The first-order valence-electron chi connectivity index (χ1n) is 7.19. The third-order valence-corrected chi connectivity index (χ3v) is 4.99. The number of thioether (sulfide) groups is 1.